The van der Waals surface area contributed by atoms with Gasteiger partial charge in [0, 0.05) is 12.5 Å². The van der Waals surface area contributed by atoms with E-state index in [1.165, 1.54) is 0 Å². The van der Waals surface area contributed by atoms with Crippen molar-refractivity contribution in [2.45, 2.75) is 38.8 Å². The largest absolute Gasteiger partial charge is 0.394 e. The molecule has 94 valence electrons. The lowest BCUT2D eigenvalue weighted by Gasteiger charge is -2.30. The molecule has 1 aromatic heterocycles. The number of aliphatic hydroxyl groups is 1. The van der Waals surface area contributed by atoms with Crippen LogP contribution in [0.5, 0.6) is 0 Å². The van der Waals surface area contributed by atoms with Crippen molar-refractivity contribution in [1.82, 2.24) is 4.90 Å². The van der Waals surface area contributed by atoms with Crippen molar-refractivity contribution in [3.05, 3.63) is 22.4 Å². The van der Waals surface area contributed by atoms with Gasteiger partial charge in [0.2, 0.25) is 5.91 Å². The topological polar surface area (TPSA) is 40.5 Å². The number of amides is 1. The molecule has 0 aromatic carbocycles. The van der Waals surface area contributed by atoms with Gasteiger partial charge in [-0.1, -0.05) is 6.92 Å². The highest BCUT2D eigenvalue weighted by molar-refractivity contribution is 7.07. The van der Waals surface area contributed by atoms with E-state index in [-0.39, 0.29) is 24.5 Å². The van der Waals surface area contributed by atoms with Crippen molar-refractivity contribution in [2.24, 2.45) is 5.92 Å². The van der Waals surface area contributed by atoms with Crippen LogP contribution in [0.4, 0.5) is 0 Å². The number of carbonyl (C=O) groups is 1. The average Bonchev–Trinajstić information content (AvgIpc) is 3.07. The second-order valence-corrected chi connectivity index (χ2v) is 5.40. The van der Waals surface area contributed by atoms with E-state index >= 15 is 0 Å². The Morgan fingerprint density at radius 3 is 2.88 bits per heavy atom. The minimum atomic E-state index is -0.0389. The number of aliphatic hydroxyl groups excluding tert-OH is 1. The second-order valence-electron chi connectivity index (χ2n) is 4.62. The van der Waals surface area contributed by atoms with Crippen molar-refractivity contribution >= 4 is 17.2 Å². The quantitative estimate of drug-likeness (QED) is 0.845. The standard InChI is InChI=1S/C13H19NO2S/c1-2-12(8-15)14(13(16)11-3-4-11)7-10-5-6-17-9-10/h5-6,9,11-12,15H,2-4,7-8H2,1H3/t12-/m1/s1. The summed E-state index contributed by atoms with van der Waals surface area (Å²) in [5.41, 5.74) is 1.16. The van der Waals surface area contributed by atoms with E-state index in [9.17, 15) is 9.90 Å². The lowest BCUT2D eigenvalue weighted by atomic mass is 10.1. The molecule has 0 aliphatic heterocycles. The summed E-state index contributed by atoms with van der Waals surface area (Å²) in [6.07, 6.45) is 2.83. The molecule has 0 bridgehead atoms. The van der Waals surface area contributed by atoms with Crippen molar-refractivity contribution in [3.8, 4) is 0 Å². The van der Waals surface area contributed by atoms with E-state index in [2.05, 4.69) is 5.38 Å². The number of nitrogens with zero attached hydrogens (tertiary/aromatic N) is 1. The fraction of sp³-hybridized carbons (Fsp3) is 0.615. The average molecular weight is 253 g/mol. The summed E-state index contributed by atoms with van der Waals surface area (Å²) in [6.45, 7) is 2.71. The molecule has 1 aliphatic rings. The molecule has 0 unspecified atom stereocenters. The van der Waals surface area contributed by atoms with Crippen LogP contribution in [0.25, 0.3) is 0 Å². The second kappa shape index (κ2) is 5.65. The van der Waals surface area contributed by atoms with Gasteiger partial charge in [0.15, 0.2) is 0 Å². The normalized spacial score (nSPS) is 16.8. The first-order valence-electron chi connectivity index (χ1n) is 6.18. The molecule has 2 rings (SSSR count). The third kappa shape index (κ3) is 3.07. The maximum absolute atomic E-state index is 12.2. The van der Waals surface area contributed by atoms with Crippen molar-refractivity contribution in [3.63, 3.8) is 0 Å². The Kier molecular flexibility index (Phi) is 4.18. The molecule has 1 atom stereocenters. The highest BCUT2D eigenvalue weighted by atomic mass is 32.1. The number of thiophene rings is 1. The monoisotopic (exact) mass is 253 g/mol. The first kappa shape index (κ1) is 12.6. The first-order valence-corrected chi connectivity index (χ1v) is 7.13. The summed E-state index contributed by atoms with van der Waals surface area (Å²) in [7, 11) is 0. The fourth-order valence-corrected chi connectivity index (χ4v) is 2.64. The lowest BCUT2D eigenvalue weighted by Crippen LogP contribution is -2.42. The molecule has 1 N–H and O–H groups in total. The third-order valence-corrected chi connectivity index (χ3v) is 4.00. The Morgan fingerprint density at radius 1 is 1.65 bits per heavy atom. The molecule has 3 nitrogen and oxygen atoms in total. The Labute approximate surface area is 106 Å². The van der Waals surface area contributed by atoms with Gasteiger partial charge in [-0.25, -0.2) is 0 Å². The molecule has 0 saturated heterocycles. The minimum Gasteiger partial charge on any atom is -0.394 e. The number of hydrogen-bond acceptors (Lipinski definition) is 3. The third-order valence-electron chi connectivity index (χ3n) is 3.27. The Bertz CT molecular complexity index is 356. The maximum atomic E-state index is 12.2. The molecule has 1 heterocycles. The summed E-state index contributed by atoms with van der Waals surface area (Å²) in [4.78, 5) is 14.1. The van der Waals surface area contributed by atoms with Gasteiger partial charge in [-0.2, -0.15) is 11.3 Å². The van der Waals surface area contributed by atoms with E-state index < -0.39 is 0 Å². The van der Waals surface area contributed by atoms with Crippen LogP contribution in [-0.4, -0.2) is 28.6 Å². The molecule has 1 saturated carbocycles. The van der Waals surface area contributed by atoms with Gasteiger partial charge in [-0.3, -0.25) is 4.79 Å². The molecule has 0 spiro atoms. The number of hydrogen-bond donors (Lipinski definition) is 1. The van der Waals surface area contributed by atoms with Crippen molar-refractivity contribution in [1.29, 1.82) is 0 Å². The van der Waals surface area contributed by atoms with E-state index in [0.29, 0.717) is 6.54 Å². The Morgan fingerprint density at radius 2 is 2.41 bits per heavy atom. The van der Waals surface area contributed by atoms with Gasteiger partial charge in [-0.15, -0.1) is 0 Å². The Hall–Kier alpha value is -0.870. The Balaban J connectivity index is 2.08. The predicted molar refractivity (Wildman–Crippen MR) is 68.8 cm³/mol. The van der Waals surface area contributed by atoms with Gasteiger partial charge in [0.05, 0.1) is 12.6 Å². The van der Waals surface area contributed by atoms with E-state index in [4.69, 9.17) is 0 Å². The summed E-state index contributed by atoms with van der Waals surface area (Å²) in [5, 5.41) is 13.5. The van der Waals surface area contributed by atoms with Gasteiger partial charge in [0.25, 0.3) is 0 Å². The van der Waals surface area contributed by atoms with Crippen LogP contribution in [0.15, 0.2) is 16.8 Å². The molecule has 1 amide bonds. The highest BCUT2D eigenvalue weighted by Crippen LogP contribution is 2.32. The van der Waals surface area contributed by atoms with E-state index in [1.54, 1.807) is 11.3 Å². The van der Waals surface area contributed by atoms with Gasteiger partial charge in [-0.05, 0) is 41.7 Å². The molecular formula is C13H19NO2S. The fourth-order valence-electron chi connectivity index (χ4n) is 1.98. The maximum Gasteiger partial charge on any atom is 0.226 e. The molecule has 17 heavy (non-hydrogen) atoms. The summed E-state index contributed by atoms with van der Waals surface area (Å²) < 4.78 is 0. The zero-order valence-corrected chi connectivity index (χ0v) is 10.9. The predicted octanol–water partition coefficient (Wildman–Crippen LogP) is 2.26. The molecule has 1 aromatic rings. The summed E-state index contributed by atoms with van der Waals surface area (Å²) >= 11 is 1.64. The van der Waals surface area contributed by atoms with Crippen LogP contribution in [0.2, 0.25) is 0 Å². The SMILES string of the molecule is CC[C@H](CO)N(Cc1ccsc1)C(=O)C1CC1. The van der Waals surface area contributed by atoms with Gasteiger partial charge in [0.1, 0.15) is 0 Å². The van der Waals surface area contributed by atoms with Crippen LogP contribution >= 0.6 is 11.3 Å². The molecule has 1 aliphatic carbocycles. The van der Waals surface area contributed by atoms with Gasteiger partial charge >= 0.3 is 0 Å². The van der Waals surface area contributed by atoms with Crippen LogP contribution in [0.1, 0.15) is 31.7 Å². The van der Waals surface area contributed by atoms with E-state index in [0.717, 1.165) is 24.8 Å². The molecule has 4 heteroatoms. The van der Waals surface area contributed by atoms with Crippen molar-refractivity contribution in [2.75, 3.05) is 6.61 Å². The lowest BCUT2D eigenvalue weighted by molar-refractivity contribution is -0.136. The van der Waals surface area contributed by atoms with Crippen LogP contribution < -0.4 is 0 Å². The van der Waals surface area contributed by atoms with E-state index in [1.807, 2.05) is 23.3 Å². The highest BCUT2D eigenvalue weighted by Gasteiger charge is 2.35. The summed E-state index contributed by atoms with van der Waals surface area (Å²) in [5.74, 6) is 0.436. The molecule has 1 fully saturated rings. The smallest absolute Gasteiger partial charge is 0.226 e. The van der Waals surface area contributed by atoms with Crippen LogP contribution in [-0.2, 0) is 11.3 Å². The van der Waals surface area contributed by atoms with Gasteiger partial charge < -0.3 is 10.0 Å². The van der Waals surface area contributed by atoms with Crippen LogP contribution in [0.3, 0.4) is 0 Å². The number of carbonyl (C=O) groups excluding carboxylic acids is 1. The first-order chi connectivity index (χ1) is 8.26. The van der Waals surface area contributed by atoms with Crippen molar-refractivity contribution < 1.29 is 9.90 Å². The van der Waals surface area contributed by atoms with Crippen LogP contribution in [0, 0.1) is 5.92 Å². The number of rotatable bonds is 6. The molecule has 0 radical (unpaired) electrons. The summed E-state index contributed by atoms with van der Waals surface area (Å²) in [6, 6.07) is 2.00. The molecular weight excluding hydrogens is 234 g/mol. The zero-order valence-electron chi connectivity index (χ0n) is 10.1. The zero-order chi connectivity index (χ0) is 12.3. The minimum absolute atomic E-state index is 0.0389.